The van der Waals surface area contributed by atoms with Crippen molar-refractivity contribution in [2.75, 3.05) is 6.54 Å². The molecule has 1 aromatic carbocycles. The number of ether oxygens (including phenoxy) is 1. The van der Waals surface area contributed by atoms with E-state index in [-0.39, 0.29) is 18.0 Å². The molecule has 1 aromatic rings. The minimum Gasteiger partial charge on any atom is -0.483 e. The first-order valence-corrected chi connectivity index (χ1v) is 7.57. The number of nitrogens with one attached hydrogen (secondary N) is 1. The van der Waals surface area contributed by atoms with E-state index in [0.29, 0.717) is 5.75 Å². The molecular formula is C17H24FNO. The molecule has 2 nitrogen and oxygen atoms in total. The summed E-state index contributed by atoms with van der Waals surface area (Å²) in [6, 6.07) is 5.43. The van der Waals surface area contributed by atoms with Gasteiger partial charge in [-0.2, -0.15) is 0 Å². The van der Waals surface area contributed by atoms with Gasteiger partial charge in [0.25, 0.3) is 0 Å². The highest BCUT2D eigenvalue weighted by molar-refractivity contribution is 5.31. The first kappa shape index (κ1) is 15.0. The second kappa shape index (κ2) is 7.44. The summed E-state index contributed by atoms with van der Waals surface area (Å²) in [7, 11) is 0. The van der Waals surface area contributed by atoms with Gasteiger partial charge in [0.15, 0.2) is 11.6 Å². The molecule has 0 spiro atoms. The first-order valence-electron chi connectivity index (χ1n) is 7.57. The summed E-state index contributed by atoms with van der Waals surface area (Å²) in [5.74, 6) is 0.0830. The molecule has 2 atom stereocenters. The molecule has 0 saturated carbocycles. The molecule has 20 heavy (non-hydrogen) atoms. The lowest BCUT2D eigenvalue weighted by Gasteiger charge is -2.20. The average molecular weight is 277 g/mol. The van der Waals surface area contributed by atoms with Crippen molar-refractivity contribution < 1.29 is 9.13 Å². The zero-order valence-electron chi connectivity index (χ0n) is 12.4. The molecule has 0 heterocycles. The topological polar surface area (TPSA) is 21.3 Å². The van der Waals surface area contributed by atoms with E-state index in [0.717, 1.165) is 37.8 Å². The third kappa shape index (κ3) is 4.07. The van der Waals surface area contributed by atoms with Gasteiger partial charge >= 0.3 is 0 Å². The highest BCUT2D eigenvalue weighted by Gasteiger charge is 2.14. The van der Waals surface area contributed by atoms with Gasteiger partial charge < -0.3 is 10.1 Å². The predicted molar refractivity (Wildman–Crippen MR) is 80.5 cm³/mol. The maximum atomic E-state index is 14.1. The number of rotatable bonds is 6. The highest BCUT2D eigenvalue weighted by Crippen LogP contribution is 2.25. The molecule has 0 bridgehead atoms. The predicted octanol–water partition coefficient (Wildman–Crippen LogP) is 4.37. The Morgan fingerprint density at radius 1 is 1.45 bits per heavy atom. The third-order valence-corrected chi connectivity index (χ3v) is 3.64. The molecule has 3 heteroatoms. The van der Waals surface area contributed by atoms with Crippen molar-refractivity contribution >= 4 is 0 Å². The fraction of sp³-hybridized carbons (Fsp3) is 0.529. The maximum Gasteiger partial charge on any atom is 0.165 e. The second-order valence-electron chi connectivity index (χ2n) is 5.38. The summed E-state index contributed by atoms with van der Waals surface area (Å²) in [4.78, 5) is 0. The Bertz CT molecular complexity index is 458. The monoisotopic (exact) mass is 277 g/mol. The van der Waals surface area contributed by atoms with Crippen LogP contribution in [0.5, 0.6) is 5.75 Å². The Hall–Kier alpha value is -1.35. The van der Waals surface area contributed by atoms with E-state index < -0.39 is 0 Å². The van der Waals surface area contributed by atoms with Gasteiger partial charge in [-0.05, 0) is 62.9 Å². The van der Waals surface area contributed by atoms with E-state index >= 15 is 0 Å². The van der Waals surface area contributed by atoms with Crippen molar-refractivity contribution in [2.24, 2.45) is 0 Å². The Morgan fingerprint density at radius 2 is 2.30 bits per heavy atom. The van der Waals surface area contributed by atoms with Crippen LogP contribution in [0.2, 0.25) is 0 Å². The number of benzene rings is 1. The number of hydrogen-bond acceptors (Lipinski definition) is 2. The molecule has 0 aliphatic heterocycles. The van der Waals surface area contributed by atoms with Crippen molar-refractivity contribution in [3.8, 4) is 5.75 Å². The lowest BCUT2D eigenvalue weighted by atomic mass is 10.0. The quantitative estimate of drug-likeness (QED) is 0.779. The van der Waals surface area contributed by atoms with Crippen LogP contribution in [-0.4, -0.2) is 12.6 Å². The molecule has 0 saturated heterocycles. The lowest BCUT2D eigenvalue weighted by molar-refractivity contribution is 0.220. The molecule has 2 unspecified atom stereocenters. The van der Waals surface area contributed by atoms with Gasteiger partial charge in [-0.25, -0.2) is 4.39 Å². The van der Waals surface area contributed by atoms with Gasteiger partial charge in [0.1, 0.15) is 6.10 Å². The number of allylic oxidation sites excluding steroid dienone is 1. The van der Waals surface area contributed by atoms with E-state index in [1.54, 1.807) is 12.1 Å². The minimum absolute atomic E-state index is 0.0136. The second-order valence-corrected chi connectivity index (χ2v) is 5.38. The molecule has 110 valence electrons. The number of halogens is 1. The van der Waals surface area contributed by atoms with Gasteiger partial charge in [0, 0.05) is 6.04 Å². The summed E-state index contributed by atoms with van der Waals surface area (Å²) >= 11 is 0. The van der Waals surface area contributed by atoms with Crippen molar-refractivity contribution in [1.29, 1.82) is 0 Å². The van der Waals surface area contributed by atoms with E-state index in [4.69, 9.17) is 4.74 Å². The fourth-order valence-corrected chi connectivity index (χ4v) is 2.40. The van der Waals surface area contributed by atoms with Gasteiger partial charge in [0.2, 0.25) is 0 Å². The minimum atomic E-state index is -0.272. The van der Waals surface area contributed by atoms with Gasteiger partial charge in [-0.1, -0.05) is 19.1 Å². The summed E-state index contributed by atoms with van der Waals surface area (Å²) in [6.45, 7) is 5.11. The Balaban J connectivity index is 2.01. The van der Waals surface area contributed by atoms with Crippen LogP contribution in [0.1, 0.15) is 51.1 Å². The van der Waals surface area contributed by atoms with Crippen LogP contribution < -0.4 is 10.1 Å². The Kier molecular flexibility index (Phi) is 5.60. The standard InChI is InChI=1S/C17H24FNO/c1-3-11-19-13(2)14-9-10-17(16(18)12-14)20-15-7-5-4-6-8-15/h5,7,9-10,12-13,15,19H,3-4,6,8,11H2,1-2H3. The van der Waals surface area contributed by atoms with Crippen LogP contribution in [0.3, 0.4) is 0 Å². The molecule has 1 aliphatic carbocycles. The maximum absolute atomic E-state index is 14.1. The molecule has 0 radical (unpaired) electrons. The van der Waals surface area contributed by atoms with Crippen LogP contribution in [0.4, 0.5) is 4.39 Å². The summed E-state index contributed by atoms with van der Waals surface area (Å²) < 4.78 is 19.8. The molecule has 1 N–H and O–H groups in total. The first-order chi connectivity index (χ1) is 9.70. The van der Waals surface area contributed by atoms with E-state index in [9.17, 15) is 4.39 Å². The molecule has 2 rings (SSSR count). The summed E-state index contributed by atoms with van der Waals surface area (Å²) in [6.07, 6.45) is 8.40. The van der Waals surface area contributed by atoms with Gasteiger partial charge in [-0.3, -0.25) is 0 Å². The SMILES string of the molecule is CCCNC(C)c1ccc(OC2C=CCCC2)c(F)c1. The van der Waals surface area contributed by atoms with E-state index in [1.807, 2.05) is 12.1 Å². The van der Waals surface area contributed by atoms with Crippen molar-refractivity contribution in [3.63, 3.8) is 0 Å². The largest absolute Gasteiger partial charge is 0.483 e. The van der Waals surface area contributed by atoms with Crippen LogP contribution in [0.15, 0.2) is 30.4 Å². The molecule has 0 aromatic heterocycles. The smallest absolute Gasteiger partial charge is 0.165 e. The summed E-state index contributed by atoms with van der Waals surface area (Å²) in [5.41, 5.74) is 0.961. The van der Waals surface area contributed by atoms with E-state index in [1.165, 1.54) is 0 Å². The van der Waals surface area contributed by atoms with Crippen molar-refractivity contribution in [1.82, 2.24) is 5.32 Å². The third-order valence-electron chi connectivity index (χ3n) is 3.64. The normalized spacial score (nSPS) is 19.9. The Morgan fingerprint density at radius 3 is 2.95 bits per heavy atom. The zero-order chi connectivity index (χ0) is 14.4. The Labute approximate surface area is 121 Å². The number of hydrogen-bond donors (Lipinski definition) is 1. The van der Waals surface area contributed by atoms with Crippen molar-refractivity contribution in [3.05, 3.63) is 41.7 Å². The summed E-state index contributed by atoms with van der Waals surface area (Å²) in [5, 5.41) is 3.36. The van der Waals surface area contributed by atoms with E-state index in [2.05, 4.69) is 25.2 Å². The van der Waals surface area contributed by atoms with Crippen molar-refractivity contribution in [2.45, 2.75) is 51.7 Å². The molecular weight excluding hydrogens is 253 g/mol. The molecule has 0 amide bonds. The molecule has 0 fully saturated rings. The zero-order valence-corrected chi connectivity index (χ0v) is 12.4. The molecule has 1 aliphatic rings. The fourth-order valence-electron chi connectivity index (χ4n) is 2.40. The lowest BCUT2D eigenvalue weighted by Crippen LogP contribution is -2.20. The van der Waals surface area contributed by atoms with Crippen LogP contribution >= 0.6 is 0 Å². The van der Waals surface area contributed by atoms with Crippen LogP contribution in [-0.2, 0) is 0 Å². The van der Waals surface area contributed by atoms with Gasteiger partial charge in [-0.15, -0.1) is 0 Å². The average Bonchev–Trinajstić information content (AvgIpc) is 2.48. The van der Waals surface area contributed by atoms with Crippen LogP contribution in [0.25, 0.3) is 0 Å². The van der Waals surface area contributed by atoms with Crippen LogP contribution in [0, 0.1) is 5.82 Å². The van der Waals surface area contributed by atoms with Gasteiger partial charge in [0.05, 0.1) is 0 Å². The highest BCUT2D eigenvalue weighted by atomic mass is 19.1.